The van der Waals surface area contributed by atoms with Crippen molar-refractivity contribution in [3.8, 4) is 0 Å². The van der Waals surface area contributed by atoms with Gasteiger partial charge in [-0.05, 0) is 46.5 Å². The van der Waals surface area contributed by atoms with Gasteiger partial charge in [-0.2, -0.15) is 0 Å². The second kappa shape index (κ2) is 12.3. The molecule has 0 rings (SSSR count). The van der Waals surface area contributed by atoms with Crippen LogP contribution >= 0.6 is 0 Å². The lowest BCUT2D eigenvalue weighted by Gasteiger charge is -2.39. The van der Waals surface area contributed by atoms with Gasteiger partial charge in [0.25, 0.3) is 0 Å². The molecule has 0 amide bonds. The van der Waals surface area contributed by atoms with Crippen LogP contribution in [0.5, 0.6) is 0 Å². The van der Waals surface area contributed by atoms with Gasteiger partial charge in [-0.15, -0.1) is 0 Å². The summed E-state index contributed by atoms with van der Waals surface area (Å²) in [5, 5.41) is 8.97. The van der Waals surface area contributed by atoms with Crippen molar-refractivity contribution in [1.29, 1.82) is 0 Å². The SMILES string of the molecule is CCCCC[N+](CCCCC)(CCCC(=O)O)CC(=O)OC(C)(C)C. The van der Waals surface area contributed by atoms with Crippen LogP contribution in [0.1, 0.15) is 86.0 Å². The highest BCUT2D eigenvalue weighted by molar-refractivity contribution is 5.71. The van der Waals surface area contributed by atoms with E-state index in [0.717, 1.165) is 58.2 Å². The lowest BCUT2D eigenvalue weighted by atomic mass is 10.1. The van der Waals surface area contributed by atoms with Crippen molar-refractivity contribution in [2.75, 3.05) is 26.2 Å². The molecule has 0 saturated heterocycles. The summed E-state index contributed by atoms with van der Waals surface area (Å²) in [5.41, 5.74) is -0.485. The predicted octanol–water partition coefficient (Wildman–Crippen LogP) is 4.39. The zero-order chi connectivity index (χ0) is 19.3. The number of carboxylic acid groups (broad SMARTS) is 1. The van der Waals surface area contributed by atoms with E-state index in [9.17, 15) is 9.59 Å². The van der Waals surface area contributed by atoms with Crippen molar-refractivity contribution in [1.82, 2.24) is 0 Å². The van der Waals surface area contributed by atoms with Crippen LogP contribution in [0.4, 0.5) is 0 Å². The Morgan fingerprint density at radius 3 is 1.76 bits per heavy atom. The highest BCUT2D eigenvalue weighted by Gasteiger charge is 2.32. The number of rotatable bonds is 14. The van der Waals surface area contributed by atoms with Crippen LogP contribution in [0.25, 0.3) is 0 Å². The molecule has 1 N–H and O–H groups in total. The lowest BCUT2D eigenvalue weighted by molar-refractivity contribution is -0.922. The van der Waals surface area contributed by atoms with Crippen LogP contribution in [-0.2, 0) is 14.3 Å². The van der Waals surface area contributed by atoms with Crippen molar-refractivity contribution in [3.05, 3.63) is 0 Å². The van der Waals surface area contributed by atoms with Crippen molar-refractivity contribution >= 4 is 11.9 Å². The fourth-order valence-electron chi connectivity index (χ4n) is 3.18. The van der Waals surface area contributed by atoms with Crippen LogP contribution in [0, 0.1) is 0 Å². The molecular weight excluding hydrogens is 318 g/mol. The number of ether oxygens (including phenoxy) is 1. The molecule has 148 valence electrons. The molecule has 5 heteroatoms. The minimum absolute atomic E-state index is 0.163. The predicted molar refractivity (Wildman–Crippen MR) is 101 cm³/mol. The molecule has 0 aliphatic carbocycles. The molecule has 0 radical (unpaired) electrons. The van der Waals surface area contributed by atoms with E-state index in [1.807, 2.05) is 20.8 Å². The first-order chi connectivity index (χ1) is 11.6. The fraction of sp³-hybridized carbons (Fsp3) is 0.900. The third-order valence-electron chi connectivity index (χ3n) is 4.38. The number of nitrogens with zero attached hydrogens (tertiary/aromatic N) is 1. The molecule has 0 bridgehead atoms. The topological polar surface area (TPSA) is 63.6 Å². The van der Waals surface area contributed by atoms with Crippen LogP contribution in [0.2, 0.25) is 0 Å². The van der Waals surface area contributed by atoms with E-state index < -0.39 is 11.6 Å². The summed E-state index contributed by atoms with van der Waals surface area (Å²) in [5.74, 6) is -0.937. The third-order valence-corrected chi connectivity index (χ3v) is 4.38. The molecule has 0 aliphatic rings. The fourth-order valence-corrected chi connectivity index (χ4v) is 3.18. The number of hydrogen-bond acceptors (Lipinski definition) is 3. The molecular formula is C20H40NO4+. The molecule has 0 aromatic carbocycles. The van der Waals surface area contributed by atoms with Gasteiger partial charge in [-0.3, -0.25) is 4.79 Å². The molecule has 5 nitrogen and oxygen atoms in total. The smallest absolute Gasteiger partial charge is 0.362 e. The average molecular weight is 359 g/mol. The van der Waals surface area contributed by atoms with Gasteiger partial charge >= 0.3 is 11.9 Å². The first-order valence-electron chi connectivity index (χ1n) is 9.93. The second-order valence-corrected chi connectivity index (χ2v) is 8.17. The normalized spacial score (nSPS) is 12.2. The molecule has 0 spiro atoms. The minimum Gasteiger partial charge on any atom is -0.481 e. The van der Waals surface area contributed by atoms with Crippen LogP contribution in [-0.4, -0.2) is 53.3 Å². The summed E-state index contributed by atoms with van der Waals surface area (Å²) in [6, 6.07) is 0. The quantitative estimate of drug-likeness (QED) is 0.284. The third kappa shape index (κ3) is 12.9. The number of hydrogen-bond donors (Lipinski definition) is 1. The summed E-state index contributed by atoms with van der Waals surface area (Å²) in [6.07, 6.45) is 7.46. The number of quaternary nitrogens is 1. The van der Waals surface area contributed by atoms with Crippen molar-refractivity contribution in [3.63, 3.8) is 0 Å². The van der Waals surface area contributed by atoms with E-state index in [1.54, 1.807) is 0 Å². The maximum absolute atomic E-state index is 12.5. The Hall–Kier alpha value is -1.10. The van der Waals surface area contributed by atoms with Gasteiger partial charge in [-0.1, -0.05) is 26.7 Å². The largest absolute Gasteiger partial charge is 0.481 e. The molecule has 25 heavy (non-hydrogen) atoms. The van der Waals surface area contributed by atoms with E-state index >= 15 is 0 Å². The molecule has 0 unspecified atom stereocenters. The lowest BCUT2D eigenvalue weighted by Crippen LogP contribution is -2.54. The molecule has 0 saturated carbocycles. The number of carbonyl (C=O) groups excluding carboxylic acids is 1. The molecule has 0 aliphatic heterocycles. The van der Waals surface area contributed by atoms with Gasteiger partial charge in [-0.25, -0.2) is 4.79 Å². The van der Waals surface area contributed by atoms with Gasteiger partial charge in [0, 0.05) is 6.42 Å². The Morgan fingerprint density at radius 1 is 0.880 bits per heavy atom. The van der Waals surface area contributed by atoms with E-state index in [1.165, 1.54) is 0 Å². The summed E-state index contributed by atoms with van der Waals surface area (Å²) in [6.45, 7) is 12.9. The molecule has 0 fully saturated rings. The van der Waals surface area contributed by atoms with E-state index in [4.69, 9.17) is 9.84 Å². The minimum atomic E-state index is -0.766. The van der Waals surface area contributed by atoms with Gasteiger partial charge in [0.15, 0.2) is 6.54 Å². The molecule has 0 atom stereocenters. The molecule has 0 aromatic rings. The number of carbonyl (C=O) groups is 2. The maximum Gasteiger partial charge on any atom is 0.362 e. The van der Waals surface area contributed by atoms with Crippen LogP contribution in [0.3, 0.4) is 0 Å². The van der Waals surface area contributed by atoms with Gasteiger partial charge in [0.1, 0.15) is 5.60 Å². The Balaban J connectivity index is 5.09. The van der Waals surface area contributed by atoms with Gasteiger partial charge in [0.05, 0.1) is 26.1 Å². The van der Waals surface area contributed by atoms with Crippen LogP contribution in [0.15, 0.2) is 0 Å². The first-order valence-corrected chi connectivity index (χ1v) is 9.93. The number of aliphatic carboxylic acids is 1. The second-order valence-electron chi connectivity index (χ2n) is 8.17. The van der Waals surface area contributed by atoms with Gasteiger partial charge < -0.3 is 14.3 Å². The van der Waals surface area contributed by atoms with Crippen molar-refractivity contribution in [2.24, 2.45) is 0 Å². The summed E-state index contributed by atoms with van der Waals surface area (Å²) >= 11 is 0. The summed E-state index contributed by atoms with van der Waals surface area (Å²) < 4.78 is 6.23. The monoisotopic (exact) mass is 358 g/mol. The zero-order valence-corrected chi connectivity index (χ0v) is 17.1. The number of esters is 1. The Bertz CT molecular complexity index is 378. The van der Waals surface area contributed by atoms with E-state index in [-0.39, 0.29) is 12.4 Å². The standard InChI is InChI=1S/C20H39NO4/c1-6-8-10-14-21(15-11-9-7-2,16-12-13-18(22)23)17-19(24)25-20(3,4)5/h6-17H2,1-5H3/p+1. The van der Waals surface area contributed by atoms with E-state index in [2.05, 4.69) is 13.8 Å². The Morgan fingerprint density at radius 2 is 1.36 bits per heavy atom. The number of unbranched alkanes of at least 4 members (excludes halogenated alkanes) is 4. The van der Waals surface area contributed by atoms with Gasteiger partial charge in [0.2, 0.25) is 0 Å². The van der Waals surface area contributed by atoms with Crippen molar-refractivity contribution < 1.29 is 23.9 Å². The Labute approximate surface area is 154 Å². The highest BCUT2D eigenvalue weighted by Crippen LogP contribution is 2.18. The number of carboxylic acids is 1. The molecule has 0 heterocycles. The maximum atomic E-state index is 12.5. The summed E-state index contributed by atoms with van der Waals surface area (Å²) in [7, 11) is 0. The zero-order valence-electron chi connectivity index (χ0n) is 17.1. The average Bonchev–Trinajstić information content (AvgIpc) is 2.45. The van der Waals surface area contributed by atoms with E-state index in [0.29, 0.717) is 17.4 Å². The first kappa shape index (κ1) is 23.9. The highest BCUT2D eigenvalue weighted by atomic mass is 16.6. The Kier molecular flexibility index (Phi) is 11.7. The molecule has 0 aromatic heterocycles. The van der Waals surface area contributed by atoms with Crippen LogP contribution < -0.4 is 0 Å². The summed E-state index contributed by atoms with van der Waals surface area (Å²) in [4.78, 5) is 23.4. The van der Waals surface area contributed by atoms with Crippen molar-refractivity contribution in [2.45, 2.75) is 91.6 Å².